The Labute approximate surface area is 85.0 Å². The van der Waals surface area contributed by atoms with Gasteiger partial charge in [0, 0.05) is 6.54 Å². The number of hydrogen-bond donors (Lipinski definition) is 2. The zero-order chi connectivity index (χ0) is 9.80. The Hall–Kier alpha value is -0.860. The molecule has 1 fully saturated rings. The molecule has 0 aliphatic carbocycles. The first kappa shape index (κ1) is 9.69. The van der Waals surface area contributed by atoms with Gasteiger partial charge >= 0.3 is 0 Å². The lowest BCUT2D eigenvalue weighted by atomic mass is 9.91. The highest BCUT2D eigenvalue weighted by Crippen LogP contribution is 2.23. The minimum atomic E-state index is 0.147. The van der Waals surface area contributed by atoms with Crippen LogP contribution in [0.25, 0.3) is 0 Å². The van der Waals surface area contributed by atoms with E-state index < -0.39 is 0 Å². The summed E-state index contributed by atoms with van der Waals surface area (Å²) in [4.78, 5) is 0. The second-order valence-electron chi connectivity index (χ2n) is 3.95. The number of rotatable bonds is 2. The van der Waals surface area contributed by atoms with Crippen molar-refractivity contribution in [2.24, 2.45) is 0 Å². The van der Waals surface area contributed by atoms with Gasteiger partial charge in [0.25, 0.3) is 0 Å². The van der Waals surface area contributed by atoms with Crippen LogP contribution in [0.5, 0.6) is 0 Å². The number of piperidine rings is 1. The summed E-state index contributed by atoms with van der Waals surface area (Å²) >= 11 is 0. The van der Waals surface area contributed by atoms with Gasteiger partial charge in [-0.25, -0.2) is 0 Å². The number of nitrogens with one attached hydrogen (secondary N) is 1. The highest BCUT2D eigenvalue weighted by Gasteiger charge is 2.14. The van der Waals surface area contributed by atoms with Gasteiger partial charge in [-0.1, -0.05) is 24.3 Å². The van der Waals surface area contributed by atoms with E-state index in [4.69, 9.17) is 5.11 Å². The van der Waals surface area contributed by atoms with Crippen molar-refractivity contribution in [3.63, 3.8) is 0 Å². The van der Waals surface area contributed by atoms with Gasteiger partial charge in [0.2, 0.25) is 0 Å². The second-order valence-corrected chi connectivity index (χ2v) is 3.95. The summed E-state index contributed by atoms with van der Waals surface area (Å²) in [6.07, 6.45) is 2.52. The van der Waals surface area contributed by atoms with Crippen molar-refractivity contribution in [1.29, 1.82) is 0 Å². The van der Waals surface area contributed by atoms with Crippen molar-refractivity contribution in [2.75, 3.05) is 13.1 Å². The third kappa shape index (κ3) is 2.14. The van der Waals surface area contributed by atoms with Gasteiger partial charge in [-0.2, -0.15) is 0 Å². The highest BCUT2D eigenvalue weighted by atomic mass is 16.3. The third-order valence-electron chi connectivity index (χ3n) is 2.90. The molecule has 0 spiro atoms. The highest BCUT2D eigenvalue weighted by molar-refractivity contribution is 5.26. The summed E-state index contributed by atoms with van der Waals surface area (Å²) in [6, 6.07) is 8.30. The molecular formula is C12H17NO. The van der Waals surface area contributed by atoms with Gasteiger partial charge in [-0.3, -0.25) is 0 Å². The van der Waals surface area contributed by atoms with Crippen LogP contribution in [0.1, 0.15) is 29.9 Å². The van der Waals surface area contributed by atoms with Crippen molar-refractivity contribution in [1.82, 2.24) is 5.32 Å². The summed E-state index contributed by atoms with van der Waals surface area (Å²) in [5.41, 5.74) is 2.39. The molecule has 0 saturated carbocycles. The summed E-state index contributed by atoms with van der Waals surface area (Å²) in [7, 11) is 0. The number of benzene rings is 1. The van der Waals surface area contributed by atoms with Crippen LogP contribution in [0.15, 0.2) is 24.3 Å². The molecular weight excluding hydrogens is 174 g/mol. The van der Waals surface area contributed by atoms with Gasteiger partial charge in [-0.05, 0) is 36.4 Å². The molecule has 1 aromatic rings. The molecule has 1 aliphatic heterocycles. The van der Waals surface area contributed by atoms with Crippen molar-refractivity contribution in [3.05, 3.63) is 35.4 Å². The van der Waals surface area contributed by atoms with Gasteiger partial charge < -0.3 is 10.4 Å². The summed E-state index contributed by atoms with van der Waals surface area (Å²) in [5.74, 6) is 0.634. The van der Waals surface area contributed by atoms with Gasteiger partial charge in [0.05, 0.1) is 6.61 Å². The van der Waals surface area contributed by atoms with Crippen molar-refractivity contribution in [3.8, 4) is 0 Å². The largest absolute Gasteiger partial charge is 0.392 e. The lowest BCUT2D eigenvalue weighted by Gasteiger charge is -2.23. The smallest absolute Gasteiger partial charge is 0.0681 e. The van der Waals surface area contributed by atoms with E-state index in [1.54, 1.807) is 0 Å². The number of aliphatic hydroxyl groups is 1. The minimum absolute atomic E-state index is 0.147. The molecule has 2 rings (SSSR count). The monoisotopic (exact) mass is 191 g/mol. The van der Waals surface area contributed by atoms with Crippen molar-refractivity contribution >= 4 is 0 Å². The maximum absolute atomic E-state index is 9.04. The van der Waals surface area contributed by atoms with Crippen LogP contribution in [-0.4, -0.2) is 18.2 Å². The first-order valence-electron chi connectivity index (χ1n) is 5.30. The Morgan fingerprint density at radius 3 is 3.07 bits per heavy atom. The van der Waals surface area contributed by atoms with Crippen LogP contribution in [0.4, 0.5) is 0 Å². The molecule has 0 radical (unpaired) electrons. The fourth-order valence-electron chi connectivity index (χ4n) is 2.08. The number of aliphatic hydroxyl groups excluding tert-OH is 1. The van der Waals surface area contributed by atoms with Crippen LogP contribution in [0.2, 0.25) is 0 Å². The van der Waals surface area contributed by atoms with E-state index in [-0.39, 0.29) is 6.61 Å². The number of hydrogen-bond acceptors (Lipinski definition) is 2. The molecule has 1 atom stereocenters. The fourth-order valence-corrected chi connectivity index (χ4v) is 2.08. The van der Waals surface area contributed by atoms with Crippen LogP contribution in [0, 0.1) is 0 Å². The fraction of sp³-hybridized carbons (Fsp3) is 0.500. The molecule has 1 aromatic carbocycles. The van der Waals surface area contributed by atoms with Crippen LogP contribution in [0.3, 0.4) is 0 Å². The molecule has 1 aliphatic rings. The van der Waals surface area contributed by atoms with E-state index >= 15 is 0 Å². The average molecular weight is 191 g/mol. The maximum atomic E-state index is 9.04. The summed E-state index contributed by atoms with van der Waals surface area (Å²) < 4.78 is 0. The Bertz CT molecular complexity index is 292. The molecule has 2 nitrogen and oxygen atoms in total. The maximum Gasteiger partial charge on any atom is 0.0681 e. The standard InChI is InChI=1S/C12H17NO/c14-9-10-3-1-4-11(7-10)12-5-2-6-13-8-12/h1,3-4,7,12-14H,2,5-6,8-9H2. The molecule has 1 heterocycles. The van der Waals surface area contributed by atoms with E-state index in [2.05, 4.69) is 17.4 Å². The first-order valence-corrected chi connectivity index (χ1v) is 5.30. The molecule has 0 bridgehead atoms. The Morgan fingerprint density at radius 2 is 2.36 bits per heavy atom. The molecule has 1 unspecified atom stereocenters. The second kappa shape index (κ2) is 4.58. The first-order chi connectivity index (χ1) is 6.90. The molecule has 0 amide bonds. The molecule has 14 heavy (non-hydrogen) atoms. The van der Waals surface area contributed by atoms with E-state index in [0.717, 1.165) is 18.7 Å². The van der Waals surface area contributed by atoms with Gasteiger partial charge in [-0.15, -0.1) is 0 Å². The lowest BCUT2D eigenvalue weighted by molar-refractivity contribution is 0.281. The quantitative estimate of drug-likeness (QED) is 0.745. The molecule has 2 N–H and O–H groups in total. The summed E-state index contributed by atoms with van der Waals surface area (Å²) in [6.45, 7) is 2.37. The zero-order valence-electron chi connectivity index (χ0n) is 8.37. The van der Waals surface area contributed by atoms with E-state index in [1.165, 1.54) is 18.4 Å². The van der Waals surface area contributed by atoms with E-state index in [9.17, 15) is 0 Å². The minimum Gasteiger partial charge on any atom is -0.392 e. The van der Waals surface area contributed by atoms with Crippen molar-refractivity contribution in [2.45, 2.75) is 25.4 Å². The van der Waals surface area contributed by atoms with Crippen LogP contribution >= 0.6 is 0 Å². The zero-order valence-corrected chi connectivity index (χ0v) is 8.37. The van der Waals surface area contributed by atoms with Crippen LogP contribution in [-0.2, 0) is 6.61 Å². The molecule has 2 heteroatoms. The molecule has 0 aromatic heterocycles. The van der Waals surface area contributed by atoms with E-state index in [0.29, 0.717) is 5.92 Å². The predicted octanol–water partition coefficient (Wildman–Crippen LogP) is 1.65. The Morgan fingerprint density at radius 1 is 1.43 bits per heavy atom. The third-order valence-corrected chi connectivity index (χ3v) is 2.90. The Kier molecular flexibility index (Phi) is 3.17. The molecule has 1 saturated heterocycles. The summed E-state index contributed by atoms with van der Waals surface area (Å²) in [5, 5.41) is 12.5. The van der Waals surface area contributed by atoms with Gasteiger partial charge in [0.1, 0.15) is 0 Å². The topological polar surface area (TPSA) is 32.3 Å². The molecule has 76 valence electrons. The lowest BCUT2D eigenvalue weighted by Crippen LogP contribution is -2.28. The van der Waals surface area contributed by atoms with Gasteiger partial charge in [0.15, 0.2) is 0 Å². The predicted molar refractivity (Wildman–Crippen MR) is 57.2 cm³/mol. The normalized spacial score (nSPS) is 22.2. The van der Waals surface area contributed by atoms with E-state index in [1.807, 2.05) is 12.1 Å². The average Bonchev–Trinajstić information content (AvgIpc) is 2.30. The SMILES string of the molecule is OCc1cccc(C2CCCNC2)c1. The Balaban J connectivity index is 2.13. The van der Waals surface area contributed by atoms with Crippen molar-refractivity contribution < 1.29 is 5.11 Å². The van der Waals surface area contributed by atoms with Crippen LogP contribution < -0.4 is 5.32 Å².